The van der Waals surface area contributed by atoms with Gasteiger partial charge in [0.1, 0.15) is 10.7 Å². The van der Waals surface area contributed by atoms with Crippen LogP contribution in [0.4, 0.5) is 10.9 Å². The van der Waals surface area contributed by atoms with Gasteiger partial charge in [0.15, 0.2) is 5.13 Å². The first-order chi connectivity index (χ1) is 9.45. The third-order valence-corrected chi connectivity index (χ3v) is 5.78. The summed E-state index contributed by atoms with van der Waals surface area (Å²) in [5.41, 5.74) is 6.45. The first kappa shape index (κ1) is 13.6. The summed E-state index contributed by atoms with van der Waals surface area (Å²) in [4.78, 5) is 9.15. The Morgan fingerprint density at radius 1 is 1.40 bits per heavy atom. The highest BCUT2D eigenvalue weighted by molar-refractivity contribution is 7.93. The van der Waals surface area contributed by atoms with E-state index in [2.05, 4.69) is 14.7 Å². The molecule has 0 saturated carbocycles. The predicted octanol–water partition coefficient (Wildman–Crippen LogP) is 2.06. The van der Waals surface area contributed by atoms with E-state index in [0.717, 1.165) is 29.8 Å². The summed E-state index contributed by atoms with van der Waals surface area (Å²) < 4.78 is 26.9. The first-order valence-electron chi connectivity index (χ1n) is 5.88. The molecule has 3 rings (SSSR count). The second kappa shape index (κ2) is 4.87. The first-order valence-corrected chi connectivity index (χ1v) is 8.56. The number of sulfonamides is 1. The number of aryl methyl sites for hydroxylation is 2. The molecule has 0 fully saturated rings. The molecule has 106 valence electrons. The van der Waals surface area contributed by atoms with Crippen molar-refractivity contribution in [2.75, 3.05) is 10.5 Å². The summed E-state index contributed by atoms with van der Waals surface area (Å²) in [5.74, 6) is 0.0961. The van der Waals surface area contributed by atoms with E-state index in [1.807, 2.05) is 0 Å². The number of hydrogen-bond donors (Lipinski definition) is 2. The molecule has 0 spiro atoms. The molecule has 6 nitrogen and oxygen atoms in total. The van der Waals surface area contributed by atoms with Gasteiger partial charge in [-0.15, -0.1) is 11.3 Å². The number of pyridine rings is 1. The van der Waals surface area contributed by atoms with E-state index >= 15 is 0 Å². The summed E-state index contributed by atoms with van der Waals surface area (Å²) >= 11 is 7.16. The number of halogens is 1. The van der Waals surface area contributed by atoms with E-state index in [1.165, 1.54) is 23.6 Å². The molecule has 20 heavy (non-hydrogen) atoms. The van der Waals surface area contributed by atoms with Crippen molar-refractivity contribution in [1.29, 1.82) is 0 Å². The normalized spacial score (nSPS) is 14.2. The van der Waals surface area contributed by atoms with Crippen molar-refractivity contribution in [3.8, 4) is 0 Å². The lowest BCUT2D eigenvalue weighted by atomic mass is 10.4. The third kappa shape index (κ3) is 2.46. The average Bonchev–Trinajstić information content (AvgIpc) is 2.92. The Hall–Kier alpha value is -1.38. The van der Waals surface area contributed by atoms with Crippen LogP contribution in [-0.2, 0) is 22.9 Å². The number of nitrogens with two attached hydrogens (primary N) is 1. The van der Waals surface area contributed by atoms with Gasteiger partial charge in [-0.2, -0.15) is 0 Å². The number of thiazole rings is 1. The minimum absolute atomic E-state index is 0.0351. The second-order valence-corrected chi connectivity index (χ2v) is 7.56. The molecule has 2 aromatic heterocycles. The summed E-state index contributed by atoms with van der Waals surface area (Å²) in [6, 6.07) is 1.27. The zero-order chi connectivity index (χ0) is 14.3. The second-order valence-electron chi connectivity index (χ2n) is 4.39. The topological polar surface area (TPSA) is 98.0 Å². The maximum Gasteiger partial charge on any atom is 0.265 e. The van der Waals surface area contributed by atoms with Gasteiger partial charge >= 0.3 is 0 Å². The summed E-state index contributed by atoms with van der Waals surface area (Å²) in [7, 11) is -3.74. The summed E-state index contributed by atoms with van der Waals surface area (Å²) in [6.45, 7) is 0. The molecule has 2 heterocycles. The van der Waals surface area contributed by atoms with Gasteiger partial charge in [0, 0.05) is 11.1 Å². The molecule has 2 aromatic rings. The fraction of sp³-hybridized carbons (Fsp3) is 0.273. The lowest BCUT2D eigenvalue weighted by molar-refractivity contribution is 0.601. The van der Waals surface area contributed by atoms with E-state index in [9.17, 15) is 8.42 Å². The van der Waals surface area contributed by atoms with E-state index in [-0.39, 0.29) is 15.7 Å². The van der Waals surface area contributed by atoms with Gasteiger partial charge in [0.25, 0.3) is 10.0 Å². The maximum atomic E-state index is 12.2. The average molecular weight is 331 g/mol. The quantitative estimate of drug-likeness (QED) is 0.897. The van der Waals surface area contributed by atoms with Crippen molar-refractivity contribution >= 4 is 43.9 Å². The van der Waals surface area contributed by atoms with Crippen LogP contribution in [0, 0.1) is 0 Å². The Labute approximate surface area is 125 Å². The smallest absolute Gasteiger partial charge is 0.265 e. The zero-order valence-corrected chi connectivity index (χ0v) is 12.6. The molecule has 0 atom stereocenters. The van der Waals surface area contributed by atoms with Crippen LogP contribution in [0.25, 0.3) is 0 Å². The molecule has 0 radical (unpaired) electrons. The van der Waals surface area contributed by atoms with Crippen LogP contribution in [0.3, 0.4) is 0 Å². The van der Waals surface area contributed by atoms with E-state index in [1.54, 1.807) is 0 Å². The number of nitrogens with one attached hydrogen (secondary N) is 1. The highest BCUT2D eigenvalue weighted by Gasteiger charge is 2.21. The van der Waals surface area contributed by atoms with E-state index in [4.69, 9.17) is 17.3 Å². The van der Waals surface area contributed by atoms with Gasteiger partial charge in [0.2, 0.25) is 0 Å². The van der Waals surface area contributed by atoms with Gasteiger partial charge in [0.05, 0.1) is 10.7 Å². The fourth-order valence-electron chi connectivity index (χ4n) is 1.99. The number of aromatic nitrogens is 2. The fourth-order valence-corrected chi connectivity index (χ4v) is 4.47. The lowest BCUT2D eigenvalue weighted by Crippen LogP contribution is -2.13. The van der Waals surface area contributed by atoms with Gasteiger partial charge in [-0.3, -0.25) is 4.72 Å². The molecule has 0 saturated heterocycles. The molecule has 0 unspecified atom stereocenters. The maximum absolute atomic E-state index is 12.2. The molecule has 1 aliphatic carbocycles. The molecule has 9 heteroatoms. The number of rotatable bonds is 3. The van der Waals surface area contributed by atoms with Crippen molar-refractivity contribution in [2.24, 2.45) is 0 Å². The standard InChI is InChI=1S/C11H11ClN4O2S2/c12-7-4-6(5-14-10(7)13)20(17,18)16-11-15-8-2-1-3-9(8)19-11/h4-5H,1-3H2,(H2,13,14)(H,15,16). The molecule has 0 amide bonds. The van der Waals surface area contributed by atoms with Gasteiger partial charge in [-0.25, -0.2) is 18.4 Å². The Bertz CT molecular complexity index is 751. The van der Waals surface area contributed by atoms with Crippen molar-refractivity contribution in [3.05, 3.63) is 27.9 Å². The third-order valence-electron chi connectivity index (χ3n) is 2.97. The summed E-state index contributed by atoms with van der Waals surface area (Å²) in [6.07, 6.45) is 4.12. The minimum atomic E-state index is -3.74. The molecule has 0 bridgehead atoms. The van der Waals surface area contributed by atoms with E-state index < -0.39 is 10.0 Å². The zero-order valence-electron chi connectivity index (χ0n) is 10.3. The van der Waals surface area contributed by atoms with Gasteiger partial charge in [-0.1, -0.05) is 11.6 Å². The van der Waals surface area contributed by atoms with E-state index in [0.29, 0.717) is 5.13 Å². The van der Waals surface area contributed by atoms with Crippen LogP contribution in [0.5, 0.6) is 0 Å². The molecule has 1 aliphatic rings. The molecule has 3 N–H and O–H groups in total. The van der Waals surface area contributed by atoms with Crippen LogP contribution in [-0.4, -0.2) is 18.4 Å². The molecule has 0 aliphatic heterocycles. The Morgan fingerprint density at radius 3 is 2.90 bits per heavy atom. The van der Waals surface area contributed by atoms with Crippen LogP contribution < -0.4 is 10.5 Å². The Kier molecular flexibility index (Phi) is 3.31. The van der Waals surface area contributed by atoms with Gasteiger partial charge in [-0.05, 0) is 25.3 Å². The number of fused-ring (bicyclic) bond motifs is 1. The molecular weight excluding hydrogens is 320 g/mol. The largest absolute Gasteiger partial charge is 0.382 e. The highest BCUT2D eigenvalue weighted by Crippen LogP contribution is 2.31. The van der Waals surface area contributed by atoms with Crippen LogP contribution in [0.2, 0.25) is 5.02 Å². The van der Waals surface area contributed by atoms with Crippen molar-refractivity contribution < 1.29 is 8.42 Å². The number of hydrogen-bond acceptors (Lipinski definition) is 6. The number of anilines is 2. The van der Waals surface area contributed by atoms with Crippen molar-refractivity contribution in [1.82, 2.24) is 9.97 Å². The Morgan fingerprint density at radius 2 is 2.20 bits per heavy atom. The molecular formula is C11H11ClN4O2S2. The monoisotopic (exact) mass is 330 g/mol. The van der Waals surface area contributed by atoms with Crippen molar-refractivity contribution in [2.45, 2.75) is 24.2 Å². The Balaban J connectivity index is 1.89. The summed E-state index contributed by atoms with van der Waals surface area (Å²) in [5, 5.41) is 0.483. The predicted molar refractivity (Wildman–Crippen MR) is 78.6 cm³/mol. The minimum Gasteiger partial charge on any atom is -0.382 e. The van der Waals surface area contributed by atoms with Crippen LogP contribution >= 0.6 is 22.9 Å². The molecule has 0 aromatic carbocycles. The van der Waals surface area contributed by atoms with Gasteiger partial charge < -0.3 is 5.73 Å². The van der Waals surface area contributed by atoms with Crippen LogP contribution in [0.1, 0.15) is 17.0 Å². The van der Waals surface area contributed by atoms with Crippen molar-refractivity contribution in [3.63, 3.8) is 0 Å². The SMILES string of the molecule is Nc1ncc(S(=O)(=O)Nc2nc3c(s2)CCC3)cc1Cl. The highest BCUT2D eigenvalue weighted by atomic mass is 35.5. The lowest BCUT2D eigenvalue weighted by Gasteiger charge is -2.06. The number of nitrogen functional groups attached to an aromatic ring is 1. The van der Waals surface area contributed by atoms with Crippen LogP contribution in [0.15, 0.2) is 17.2 Å². The number of nitrogens with zero attached hydrogens (tertiary/aromatic N) is 2.